The van der Waals surface area contributed by atoms with Crippen molar-refractivity contribution in [3.8, 4) is 0 Å². The van der Waals surface area contributed by atoms with Crippen molar-refractivity contribution in [2.45, 2.75) is 20.0 Å². The van der Waals surface area contributed by atoms with Crippen molar-refractivity contribution in [1.29, 1.82) is 0 Å². The van der Waals surface area contributed by atoms with Crippen LogP contribution in [-0.2, 0) is 9.53 Å². The highest BCUT2D eigenvalue weighted by Gasteiger charge is 2.27. The number of H-pyrrole nitrogens is 1. The molecule has 0 bridgehead atoms. The number of amides is 1. The van der Waals surface area contributed by atoms with Gasteiger partial charge in [-0.3, -0.25) is 14.4 Å². The van der Waals surface area contributed by atoms with E-state index in [1.165, 1.54) is 16.7 Å². The van der Waals surface area contributed by atoms with E-state index in [0.29, 0.717) is 17.9 Å². The van der Waals surface area contributed by atoms with Crippen molar-refractivity contribution in [3.05, 3.63) is 35.5 Å². The summed E-state index contributed by atoms with van der Waals surface area (Å²) < 4.78 is 5.24. The first kappa shape index (κ1) is 16.6. The molecule has 2 aromatic rings. The second-order valence-corrected chi connectivity index (χ2v) is 6.75. The van der Waals surface area contributed by atoms with E-state index in [1.807, 2.05) is 31.2 Å². The average Bonchev–Trinajstić information content (AvgIpc) is 3.09. The second kappa shape index (κ2) is 6.68. The van der Waals surface area contributed by atoms with Gasteiger partial charge in [0.05, 0.1) is 0 Å². The maximum Gasteiger partial charge on any atom is 0.326 e. The lowest BCUT2D eigenvalue weighted by molar-refractivity contribution is -0.146. The van der Waals surface area contributed by atoms with Crippen LogP contribution in [0.4, 0.5) is 4.79 Å². The summed E-state index contributed by atoms with van der Waals surface area (Å²) in [6.07, 6.45) is -0.902. The van der Waals surface area contributed by atoms with Crippen LogP contribution in [0.5, 0.6) is 0 Å². The molecule has 6 nitrogen and oxygen atoms in total. The Balaban J connectivity index is 1.71. The number of para-hydroxylation sites is 1. The maximum absolute atomic E-state index is 12.7. The predicted molar refractivity (Wildman–Crippen MR) is 92.3 cm³/mol. The number of aromatic amines is 1. The molecule has 1 atom stereocenters. The molecule has 0 unspecified atom stereocenters. The van der Waals surface area contributed by atoms with Gasteiger partial charge in [-0.05, 0) is 19.9 Å². The van der Waals surface area contributed by atoms with E-state index in [-0.39, 0.29) is 17.6 Å². The van der Waals surface area contributed by atoms with Crippen molar-refractivity contribution < 1.29 is 19.1 Å². The van der Waals surface area contributed by atoms with Crippen LogP contribution in [0.3, 0.4) is 0 Å². The van der Waals surface area contributed by atoms with Gasteiger partial charge in [-0.15, -0.1) is 0 Å². The molecule has 1 aromatic carbocycles. The topological polar surface area (TPSA) is 79.5 Å². The van der Waals surface area contributed by atoms with Crippen LogP contribution < -0.4 is 0 Å². The molecule has 24 heavy (non-hydrogen) atoms. The minimum atomic E-state index is -0.902. The Bertz CT molecular complexity index is 814. The Morgan fingerprint density at radius 1 is 1.38 bits per heavy atom. The van der Waals surface area contributed by atoms with Gasteiger partial charge in [-0.1, -0.05) is 30.0 Å². The third-order valence-electron chi connectivity index (χ3n) is 3.98. The van der Waals surface area contributed by atoms with Crippen LogP contribution >= 0.6 is 11.8 Å². The molecule has 1 N–H and O–H groups in total. The molecular formula is C17H18N2O4S. The number of ketones is 1. The molecule has 1 saturated heterocycles. The number of hydrogen-bond donors (Lipinski definition) is 1. The lowest BCUT2D eigenvalue weighted by Crippen LogP contribution is -2.34. The lowest BCUT2D eigenvalue weighted by atomic mass is 10.0. The highest BCUT2D eigenvalue weighted by atomic mass is 32.2. The maximum atomic E-state index is 12.7. The summed E-state index contributed by atoms with van der Waals surface area (Å²) in [6.45, 7) is 3.79. The Morgan fingerprint density at radius 2 is 2.12 bits per heavy atom. The van der Waals surface area contributed by atoms with Crippen LogP contribution in [0.2, 0.25) is 0 Å². The molecule has 1 aliphatic heterocycles. The molecule has 0 radical (unpaired) electrons. The summed E-state index contributed by atoms with van der Waals surface area (Å²) in [4.78, 5) is 40.8. The number of fused-ring (bicyclic) bond motifs is 1. The van der Waals surface area contributed by atoms with E-state index >= 15 is 0 Å². The molecule has 1 aromatic heterocycles. The van der Waals surface area contributed by atoms with Crippen LogP contribution in [0.15, 0.2) is 24.3 Å². The molecule has 3 rings (SSSR count). The van der Waals surface area contributed by atoms with Gasteiger partial charge < -0.3 is 14.6 Å². The first-order valence-corrected chi connectivity index (χ1v) is 8.68. The fraction of sp³-hybridized carbons (Fsp3) is 0.353. The van der Waals surface area contributed by atoms with Gasteiger partial charge in [0.2, 0.25) is 5.78 Å². The molecule has 0 aliphatic carbocycles. The number of benzene rings is 1. The number of nitrogens with one attached hydrogen (secondary N) is 1. The van der Waals surface area contributed by atoms with Gasteiger partial charge in [-0.2, -0.15) is 0 Å². The number of aromatic nitrogens is 1. The molecular weight excluding hydrogens is 328 g/mol. The van der Waals surface area contributed by atoms with Crippen molar-refractivity contribution in [3.63, 3.8) is 0 Å². The number of ether oxygens (including phenoxy) is 1. The van der Waals surface area contributed by atoms with Crippen LogP contribution in [0, 0.1) is 6.92 Å². The molecule has 7 heteroatoms. The summed E-state index contributed by atoms with van der Waals surface area (Å²) in [5.41, 5.74) is 2.16. The van der Waals surface area contributed by atoms with Crippen molar-refractivity contribution in [2.75, 3.05) is 18.8 Å². The Labute approximate surface area is 143 Å². The highest BCUT2D eigenvalue weighted by Crippen LogP contribution is 2.24. The van der Waals surface area contributed by atoms with E-state index in [2.05, 4.69) is 4.98 Å². The first-order valence-electron chi connectivity index (χ1n) is 7.70. The summed E-state index contributed by atoms with van der Waals surface area (Å²) in [5, 5.41) is 0.687. The summed E-state index contributed by atoms with van der Waals surface area (Å²) in [7, 11) is 0. The normalized spacial score (nSPS) is 15.8. The molecule has 0 saturated carbocycles. The van der Waals surface area contributed by atoms with Crippen molar-refractivity contribution >= 4 is 39.7 Å². The van der Waals surface area contributed by atoms with Gasteiger partial charge in [0.25, 0.3) is 5.24 Å². The van der Waals surface area contributed by atoms with Crippen LogP contribution in [-0.4, -0.2) is 51.8 Å². The zero-order chi connectivity index (χ0) is 17.3. The number of nitrogens with zero attached hydrogens (tertiary/aromatic N) is 1. The van der Waals surface area contributed by atoms with Gasteiger partial charge in [0.1, 0.15) is 6.54 Å². The minimum Gasteiger partial charge on any atom is -0.453 e. The molecule has 1 amide bonds. The van der Waals surface area contributed by atoms with Gasteiger partial charge in [0.15, 0.2) is 6.10 Å². The van der Waals surface area contributed by atoms with Gasteiger partial charge >= 0.3 is 5.97 Å². The lowest BCUT2D eigenvalue weighted by Gasteiger charge is -2.16. The number of carbonyl (C=O) groups is 3. The zero-order valence-corrected chi connectivity index (χ0v) is 14.3. The summed E-state index contributed by atoms with van der Waals surface area (Å²) in [6, 6.07) is 7.51. The van der Waals surface area contributed by atoms with Crippen molar-refractivity contribution in [2.24, 2.45) is 0 Å². The minimum absolute atomic E-state index is 0.115. The molecule has 1 aliphatic rings. The zero-order valence-electron chi connectivity index (χ0n) is 13.5. The number of hydrogen-bond acceptors (Lipinski definition) is 5. The predicted octanol–water partition coefficient (Wildman–Crippen LogP) is 2.76. The Hall–Kier alpha value is -2.28. The fourth-order valence-corrected chi connectivity index (χ4v) is 3.64. The van der Waals surface area contributed by atoms with Crippen molar-refractivity contribution in [1.82, 2.24) is 9.88 Å². The SMILES string of the molecule is Cc1[nH]c2ccccc2c1C(=O)[C@H](C)OC(=O)CN1CCSC1=O. The largest absolute Gasteiger partial charge is 0.453 e. The summed E-state index contributed by atoms with van der Waals surface area (Å²) in [5.74, 6) is -0.139. The number of Topliss-reactive ketones (excluding diaryl/α,β-unsaturated/α-hetero) is 1. The highest BCUT2D eigenvalue weighted by molar-refractivity contribution is 8.13. The number of carbonyl (C=O) groups excluding carboxylic acids is 3. The average molecular weight is 346 g/mol. The smallest absolute Gasteiger partial charge is 0.326 e. The third-order valence-corrected chi connectivity index (χ3v) is 4.87. The standard InChI is InChI=1S/C17H18N2O4S/c1-10-15(12-5-3-4-6-13(12)18-10)16(21)11(2)23-14(20)9-19-7-8-24-17(19)22/h3-6,11,18H,7-9H2,1-2H3/t11-/m0/s1. The first-order chi connectivity index (χ1) is 11.5. The molecule has 0 spiro atoms. The van der Waals surface area contributed by atoms with E-state index in [9.17, 15) is 14.4 Å². The fourth-order valence-electron chi connectivity index (χ4n) is 2.81. The number of thioether (sulfide) groups is 1. The van der Waals surface area contributed by atoms with E-state index in [1.54, 1.807) is 6.92 Å². The molecule has 126 valence electrons. The van der Waals surface area contributed by atoms with Gasteiger partial charge in [0, 0.05) is 34.5 Å². The second-order valence-electron chi connectivity index (χ2n) is 5.70. The number of aryl methyl sites for hydroxylation is 1. The monoisotopic (exact) mass is 346 g/mol. The van der Waals surface area contributed by atoms with E-state index in [4.69, 9.17) is 4.74 Å². The Morgan fingerprint density at radius 3 is 2.83 bits per heavy atom. The third kappa shape index (κ3) is 3.17. The number of rotatable bonds is 5. The van der Waals surface area contributed by atoms with E-state index < -0.39 is 12.1 Å². The molecule has 1 fully saturated rings. The van der Waals surface area contributed by atoms with Crippen LogP contribution in [0.1, 0.15) is 23.0 Å². The Kier molecular flexibility index (Phi) is 4.62. The quantitative estimate of drug-likeness (QED) is 0.665. The molecule has 2 heterocycles. The van der Waals surface area contributed by atoms with Crippen LogP contribution in [0.25, 0.3) is 10.9 Å². The van der Waals surface area contributed by atoms with Gasteiger partial charge in [-0.25, -0.2) is 0 Å². The number of esters is 1. The summed E-state index contributed by atoms with van der Waals surface area (Å²) >= 11 is 1.18. The van der Waals surface area contributed by atoms with E-state index in [0.717, 1.165) is 16.6 Å².